The molecule has 2 rings (SSSR count). The Labute approximate surface area is 104 Å². The molecule has 0 aliphatic rings. The van der Waals surface area contributed by atoms with Gasteiger partial charge in [0, 0.05) is 6.07 Å². The fourth-order valence-corrected chi connectivity index (χ4v) is 1.36. The van der Waals surface area contributed by atoms with Crippen LogP contribution in [0.2, 0.25) is 0 Å². The average Bonchev–Trinajstić information content (AvgIpc) is 2.38. The van der Waals surface area contributed by atoms with Gasteiger partial charge in [-0.3, -0.25) is 0 Å². The van der Waals surface area contributed by atoms with Gasteiger partial charge >= 0.3 is 0 Å². The highest BCUT2D eigenvalue weighted by molar-refractivity contribution is 5.37. The standard InChI is InChI=1S/C12H13N3O3/c1-16-8-4-3-5-9(6-8)18-11-7-10(17-2)14-12(13)15-11/h3-7H,1-2H3,(H2,13,14,15). The maximum absolute atomic E-state index is 5.55. The van der Waals surface area contributed by atoms with Crippen molar-refractivity contribution in [2.45, 2.75) is 0 Å². The molecule has 0 saturated heterocycles. The average molecular weight is 247 g/mol. The van der Waals surface area contributed by atoms with Gasteiger partial charge in [-0.1, -0.05) is 6.07 Å². The number of hydrogen-bond donors (Lipinski definition) is 1. The van der Waals surface area contributed by atoms with E-state index in [1.807, 2.05) is 12.1 Å². The first-order valence-corrected chi connectivity index (χ1v) is 5.21. The van der Waals surface area contributed by atoms with Crippen molar-refractivity contribution in [1.29, 1.82) is 0 Å². The highest BCUT2D eigenvalue weighted by Gasteiger charge is 2.05. The molecule has 6 nitrogen and oxygen atoms in total. The summed E-state index contributed by atoms with van der Waals surface area (Å²) in [5.41, 5.74) is 5.54. The van der Waals surface area contributed by atoms with E-state index in [4.69, 9.17) is 19.9 Å². The molecule has 0 bridgehead atoms. The molecule has 0 spiro atoms. The molecule has 18 heavy (non-hydrogen) atoms. The van der Waals surface area contributed by atoms with E-state index in [1.165, 1.54) is 7.11 Å². The number of methoxy groups -OCH3 is 2. The zero-order valence-corrected chi connectivity index (χ0v) is 10.1. The van der Waals surface area contributed by atoms with E-state index >= 15 is 0 Å². The summed E-state index contributed by atoms with van der Waals surface area (Å²) in [6.07, 6.45) is 0. The van der Waals surface area contributed by atoms with Gasteiger partial charge in [0.15, 0.2) is 0 Å². The van der Waals surface area contributed by atoms with E-state index in [0.717, 1.165) is 0 Å². The highest BCUT2D eigenvalue weighted by Crippen LogP contribution is 2.25. The lowest BCUT2D eigenvalue weighted by Crippen LogP contribution is -1.99. The smallest absolute Gasteiger partial charge is 0.227 e. The van der Waals surface area contributed by atoms with Crippen LogP contribution in [0.4, 0.5) is 5.95 Å². The summed E-state index contributed by atoms with van der Waals surface area (Å²) in [6, 6.07) is 8.71. The third-order valence-corrected chi connectivity index (χ3v) is 2.17. The number of ether oxygens (including phenoxy) is 3. The Morgan fingerprint density at radius 1 is 0.944 bits per heavy atom. The molecular formula is C12H13N3O3. The number of nitrogens with zero attached hydrogens (tertiary/aromatic N) is 2. The van der Waals surface area contributed by atoms with Gasteiger partial charge in [-0.2, -0.15) is 9.97 Å². The van der Waals surface area contributed by atoms with Crippen molar-refractivity contribution in [3.8, 4) is 23.3 Å². The van der Waals surface area contributed by atoms with Crippen molar-refractivity contribution in [3.05, 3.63) is 30.3 Å². The first-order valence-electron chi connectivity index (χ1n) is 5.21. The van der Waals surface area contributed by atoms with Gasteiger partial charge in [0.25, 0.3) is 0 Å². The number of aromatic nitrogens is 2. The molecule has 2 aromatic rings. The summed E-state index contributed by atoms with van der Waals surface area (Å²) in [4.78, 5) is 7.82. The maximum Gasteiger partial charge on any atom is 0.227 e. The van der Waals surface area contributed by atoms with Gasteiger partial charge in [0.1, 0.15) is 11.5 Å². The summed E-state index contributed by atoms with van der Waals surface area (Å²) < 4.78 is 15.6. The molecular weight excluding hydrogens is 234 g/mol. The van der Waals surface area contributed by atoms with Crippen molar-refractivity contribution in [2.75, 3.05) is 20.0 Å². The zero-order valence-electron chi connectivity index (χ0n) is 10.1. The van der Waals surface area contributed by atoms with Crippen LogP contribution in [-0.2, 0) is 0 Å². The molecule has 0 radical (unpaired) electrons. The lowest BCUT2D eigenvalue weighted by atomic mass is 10.3. The fraction of sp³-hybridized carbons (Fsp3) is 0.167. The molecule has 0 amide bonds. The summed E-state index contributed by atoms with van der Waals surface area (Å²) in [5.74, 6) is 2.04. The monoisotopic (exact) mass is 247 g/mol. The number of nitrogens with two attached hydrogens (primary N) is 1. The Bertz CT molecular complexity index is 546. The van der Waals surface area contributed by atoms with E-state index in [9.17, 15) is 0 Å². The third-order valence-electron chi connectivity index (χ3n) is 2.17. The molecule has 0 fully saturated rings. The second kappa shape index (κ2) is 5.22. The topological polar surface area (TPSA) is 79.5 Å². The van der Waals surface area contributed by atoms with Crippen molar-refractivity contribution < 1.29 is 14.2 Å². The van der Waals surface area contributed by atoms with E-state index in [0.29, 0.717) is 23.3 Å². The number of anilines is 1. The van der Waals surface area contributed by atoms with E-state index in [1.54, 1.807) is 25.3 Å². The van der Waals surface area contributed by atoms with Crippen LogP contribution in [-0.4, -0.2) is 24.2 Å². The van der Waals surface area contributed by atoms with Crippen LogP contribution in [0.3, 0.4) is 0 Å². The van der Waals surface area contributed by atoms with Crippen molar-refractivity contribution in [2.24, 2.45) is 0 Å². The van der Waals surface area contributed by atoms with Gasteiger partial charge in [-0.05, 0) is 12.1 Å². The molecule has 0 atom stereocenters. The summed E-state index contributed by atoms with van der Waals surface area (Å²) in [6.45, 7) is 0. The van der Waals surface area contributed by atoms with Gasteiger partial charge in [0.2, 0.25) is 17.7 Å². The number of rotatable bonds is 4. The largest absolute Gasteiger partial charge is 0.497 e. The first-order chi connectivity index (χ1) is 8.71. The molecule has 0 aliphatic heterocycles. The Morgan fingerprint density at radius 2 is 1.67 bits per heavy atom. The summed E-state index contributed by atoms with van der Waals surface area (Å²) in [5, 5.41) is 0. The van der Waals surface area contributed by atoms with Gasteiger partial charge in [-0.25, -0.2) is 0 Å². The highest BCUT2D eigenvalue weighted by atomic mass is 16.5. The number of benzene rings is 1. The van der Waals surface area contributed by atoms with Gasteiger partial charge in [-0.15, -0.1) is 0 Å². The van der Waals surface area contributed by atoms with Crippen LogP contribution in [0.25, 0.3) is 0 Å². The Kier molecular flexibility index (Phi) is 3.47. The number of hydrogen-bond acceptors (Lipinski definition) is 6. The minimum Gasteiger partial charge on any atom is -0.497 e. The first kappa shape index (κ1) is 12.0. The molecule has 2 N–H and O–H groups in total. The van der Waals surface area contributed by atoms with Crippen LogP contribution in [0.15, 0.2) is 30.3 Å². The van der Waals surface area contributed by atoms with E-state index in [-0.39, 0.29) is 5.95 Å². The SMILES string of the molecule is COc1cccc(Oc2cc(OC)nc(N)n2)c1. The van der Waals surface area contributed by atoms with E-state index in [2.05, 4.69) is 9.97 Å². The normalized spacial score (nSPS) is 9.89. The quantitative estimate of drug-likeness (QED) is 0.888. The van der Waals surface area contributed by atoms with Crippen LogP contribution in [0.1, 0.15) is 0 Å². The molecule has 1 aromatic carbocycles. The van der Waals surface area contributed by atoms with Crippen LogP contribution >= 0.6 is 0 Å². The fourth-order valence-electron chi connectivity index (χ4n) is 1.36. The minimum atomic E-state index is 0.0900. The molecule has 0 unspecified atom stereocenters. The third kappa shape index (κ3) is 2.79. The van der Waals surface area contributed by atoms with Gasteiger partial charge in [0.05, 0.1) is 20.3 Å². The van der Waals surface area contributed by atoms with Crippen LogP contribution in [0, 0.1) is 0 Å². The summed E-state index contributed by atoms with van der Waals surface area (Å²) in [7, 11) is 3.09. The maximum atomic E-state index is 5.55. The zero-order chi connectivity index (χ0) is 13.0. The summed E-state index contributed by atoms with van der Waals surface area (Å²) >= 11 is 0. The van der Waals surface area contributed by atoms with Crippen molar-refractivity contribution in [3.63, 3.8) is 0 Å². The van der Waals surface area contributed by atoms with Crippen molar-refractivity contribution >= 4 is 5.95 Å². The molecule has 0 aliphatic carbocycles. The van der Waals surface area contributed by atoms with Crippen LogP contribution < -0.4 is 19.9 Å². The van der Waals surface area contributed by atoms with Gasteiger partial charge < -0.3 is 19.9 Å². The molecule has 1 aromatic heterocycles. The minimum absolute atomic E-state index is 0.0900. The van der Waals surface area contributed by atoms with Crippen LogP contribution in [0.5, 0.6) is 23.3 Å². The number of nitrogen functional groups attached to an aromatic ring is 1. The Hall–Kier alpha value is -2.50. The Morgan fingerprint density at radius 3 is 2.39 bits per heavy atom. The predicted octanol–water partition coefficient (Wildman–Crippen LogP) is 1.87. The molecule has 94 valence electrons. The van der Waals surface area contributed by atoms with Crippen molar-refractivity contribution in [1.82, 2.24) is 9.97 Å². The van der Waals surface area contributed by atoms with E-state index < -0.39 is 0 Å². The predicted molar refractivity (Wildman–Crippen MR) is 66.1 cm³/mol. The lowest BCUT2D eigenvalue weighted by molar-refractivity contribution is 0.387. The Balaban J connectivity index is 2.24. The molecule has 6 heteroatoms. The second-order valence-electron chi connectivity index (χ2n) is 3.39. The molecule has 1 heterocycles. The second-order valence-corrected chi connectivity index (χ2v) is 3.39. The molecule has 0 saturated carbocycles. The lowest BCUT2D eigenvalue weighted by Gasteiger charge is -2.07.